The number of hydrogen-bond donors (Lipinski definition) is 3. The molecule has 49 heavy (non-hydrogen) atoms. The lowest BCUT2D eigenvalue weighted by Gasteiger charge is -2.27. The highest BCUT2D eigenvalue weighted by Crippen LogP contribution is 2.23. The zero-order valence-electron chi connectivity index (χ0n) is 28.2. The summed E-state index contributed by atoms with van der Waals surface area (Å²) >= 11 is 0. The van der Waals surface area contributed by atoms with Gasteiger partial charge in [0.25, 0.3) is 5.91 Å². The number of likely N-dealkylation sites (tertiary alicyclic amines) is 1. The Kier molecular flexibility index (Phi) is 10.8. The van der Waals surface area contributed by atoms with Crippen LogP contribution in [0.4, 0.5) is 26.9 Å². The number of aromatic nitrogens is 3. The summed E-state index contributed by atoms with van der Waals surface area (Å²) in [6, 6.07) is 13.9. The van der Waals surface area contributed by atoms with E-state index in [0.29, 0.717) is 99.6 Å². The van der Waals surface area contributed by atoms with Crippen molar-refractivity contribution >= 4 is 35.3 Å². The molecule has 15 nitrogen and oxygen atoms in total. The Morgan fingerprint density at radius 3 is 2.18 bits per heavy atom. The highest BCUT2D eigenvalue weighted by molar-refractivity contribution is 6.00. The highest BCUT2D eigenvalue weighted by Gasteiger charge is 2.28. The number of nitrogens with zero attached hydrogens (tertiary/aromatic N) is 8. The molecule has 0 saturated carbocycles. The number of ether oxygens (including phenoxy) is 1. The van der Waals surface area contributed by atoms with Gasteiger partial charge in [-0.2, -0.15) is 9.97 Å². The summed E-state index contributed by atoms with van der Waals surface area (Å²) in [5.41, 5.74) is 8.08. The van der Waals surface area contributed by atoms with Crippen molar-refractivity contribution in [2.45, 2.75) is 25.4 Å². The first-order valence-corrected chi connectivity index (χ1v) is 16.8. The molecule has 3 aliphatic rings. The van der Waals surface area contributed by atoms with Gasteiger partial charge >= 0.3 is 12.1 Å². The third kappa shape index (κ3) is 8.79. The molecule has 2 aromatic carbocycles. The summed E-state index contributed by atoms with van der Waals surface area (Å²) in [6.07, 6.45) is 1.78. The van der Waals surface area contributed by atoms with E-state index in [0.717, 1.165) is 31.5 Å². The predicted octanol–water partition coefficient (Wildman–Crippen LogP) is 2.38. The summed E-state index contributed by atoms with van der Waals surface area (Å²) in [5, 5.41) is 5.70. The molecule has 1 unspecified atom stereocenters. The third-order valence-electron chi connectivity index (χ3n) is 9.20. The maximum absolute atomic E-state index is 12.9. The average Bonchev–Trinajstić information content (AvgIpc) is 3.50. The minimum Gasteiger partial charge on any atom is -0.378 e. The van der Waals surface area contributed by atoms with Crippen LogP contribution in [0.15, 0.2) is 48.5 Å². The number of nitrogens with two attached hydrogens (primary N) is 1. The standard InChI is InChI=1S/C34H45N11O4/c1-41(2)28-12-15-45(22-28)31(46)25-6-10-27(11-7-25)37-34(48)36-26-8-4-24(5-9-26)30-38-29(39-33(40-30)44-18-20-49-21-19-44)23-42-13-3-14-43(17-16-42)32(35)47/h4-11,28H,3,12-23H2,1-2H3,(H2,35,47)(H2,36,37,48). The summed E-state index contributed by atoms with van der Waals surface area (Å²) in [5.74, 6) is 1.79. The lowest BCUT2D eigenvalue weighted by Crippen LogP contribution is -2.39. The zero-order chi connectivity index (χ0) is 34.3. The van der Waals surface area contributed by atoms with Gasteiger partial charge in [0.05, 0.1) is 19.8 Å². The van der Waals surface area contributed by atoms with Gasteiger partial charge < -0.3 is 40.7 Å². The van der Waals surface area contributed by atoms with Crippen LogP contribution in [0, 0.1) is 0 Å². The van der Waals surface area contributed by atoms with Crippen LogP contribution < -0.4 is 21.3 Å². The number of nitrogens with one attached hydrogen (secondary N) is 2. The van der Waals surface area contributed by atoms with Gasteiger partial charge in [0, 0.05) is 80.9 Å². The van der Waals surface area contributed by atoms with E-state index in [-0.39, 0.29) is 5.91 Å². The van der Waals surface area contributed by atoms with E-state index in [1.807, 2.05) is 31.1 Å². The van der Waals surface area contributed by atoms with E-state index in [9.17, 15) is 14.4 Å². The normalized spacial score (nSPS) is 18.8. The molecule has 0 aliphatic carbocycles. The number of amides is 5. The Morgan fingerprint density at radius 1 is 0.837 bits per heavy atom. The molecule has 1 atom stereocenters. The molecule has 5 amide bonds. The first kappa shape index (κ1) is 34.0. The van der Waals surface area contributed by atoms with E-state index in [2.05, 4.69) is 25.3 Å². The topological polar surface area (TPSA) is 165 Å². The number of carbonyl (C=O) groups is 3. The van der Waals surface area contributed by atoms with Gasteiger partial charge in [-0.05, 0) is 75.5 Å². The zero-order valence-corrected chi connectivity index (χ0v) is 28.2. The second kappa shape index (κ2) is 15.6. The van der Waals surface area contributed by atoms with E-state index < -0.39 is 12.1 Å². The number of urea groups is 2. The van der Waals surface area contributed by atoms with Crippen LogP contribution in [0.5, 0.6) is 0 Å². The maximum Gasteiger partial charge on any atom is 0.323 e. The van der Waals surface area contributed by atoms with Gasteiger partial charge in [0.2, 0.25) is 5.95 Å². The van der Waals surface area contributed by atoms with Gasteiger partial charge in [0.1, 0.15) is 5.82 Å². The molecule has 260 valence electrons. The van der Waals surface area contributed by atoms with Crippen molar-refractivity contribution in [3.05, 3.63) is 59.9 Å². The summed E-state index contributed by atoms with van der Waals surface area (Å²) in [4.78, 5) is 61.9. The van der Waals surface area contributed by atoms with E-state index in [4.69, 9.17) is 25.4 Å². The molecule has 3 fully saturated rings. The van der Waals surface area contributed by atoms with Crippen LogP contribution in [0.1, 0.15) is 29.0 Å². The minimum atomic E-state index is -0.399. The first-order valence-electron chi connectivity index (χ1n) is 16.8. The second-order valence-electron chi connectivity index (χ2n) is 12.8. The van der Waals surface area contributed by atoms with Crippen LogP contribution in [0.2, 0.25) is 0 Å². The molecule has 0 bridgehead atoms. The Hall–Kier alpha value is -4.86. The van der Waals surface area contributed by atoms with Crippen molar-refractivity contribution < 1.29 is 19.1 Å². The fraction of sp³-hybridized carbons (Fsp3) is 0.471. The largest absolute Gasteiger partial charge is 0.378 e. The first-order chi connectivity index (χ1) is 23.7. The van der Waals surface area contributed by atoms with Crippen molar-refractivity contribution in [2.24, 2.45) is 5.73 Å². The summed E-state index contributed by atoms with van der Waals surface area (Å²) in [6.45, 7) is 7.23. The Labute approximate surface area is 286 Å². The minimum absolute atomic E-state index is 0.00120. The molecule has 3 saturated heterocycles. The molecule has 15 heteroatoms. The number of anilines is 3. The van der Waals surface area contributed by atoms with Crippen molar-refractivity contribution in [1.82, 2.24) is 34.6 Å². The molecule has 1 aromatic heterocycles. The number of carbonyl (C=O) groups excluding carboxylic acids is 3. The fourth-order valence-electron chi connectivity index (χ4n) is 6.28. The monoisotopic (exact) mass is 671 g/mol. The van der Waals surface area contributed by atoms with E-state index >= 15 is 0 Å². The number of primary amides is 1. The van der Waals surface area contributed by atoms with Crippen LogP contribution in [0.25, 0.3) is 11.4 Å². The molecular weight excluding hydrogens is 626 g/mol. The van der Waals surface area contributed by atoms with Gasteiger partial charge in [-0.15, -0.1) is 0 Å². The van der Waals surface area contributed by atoms with Crippen molar-refractivity contribution in [1.29, 1.82) is 0 Å². The molecule has 3 aliphatic heterocycles. The van der Waals surface area contributed by atoms with Crippen LogP contribution in [-0.2, 0) is 11.3 Å². The van der Waals surface area contributed by atoms with Crippen molar-refractivity contribution in [2.75, 3.05) is 95.2 Å². The lowest BCUT2D eigenvalue weighted by atomic mass is 10.2. The Morgan fingerprint density at radius 2 is 1.53 bits per heavy atom. The SMILES string of the molecule is CN(C)C1CCN(C(=O)c2ccc(NC(=O)Nc3ccc(-c4nc(CN5CCCN(C(N)=O)CC5)nc(N5CCOCC5)n4)cc3)cc2)C1. The smallest absolute Gasteiger partial charge is 0.323 e. The highest BCUT2D eigenvalue weighted by atomic mass is 16.5. The molecular formula is C34H45N11O4. The number of morpholine rings is 1. The Bertz CT molecular complexity index is 1610. The number of rotatable bonds is 8. The predicted molar refractivity (Wildman–Crippen MR) is 186 cm³/mol. The average molecular weight is 672 g/mol. The van der Waals surface area contributed by atoms with Crippen LogP contribution in [-0.4, -0.2) is 138 Å². The molecule has 3 aromatic rings. The van der Waals surface area contributed by atoms with Crippen molar-refractivity contribution in [3.8, 4) is 11.4 Å². The summed E-state index contributed by atoms with van der Waals surface area (Å²) in [7, 11) is 4.07. The van der Waals surface area contributed by atoms with Gasteiger partial charge in [-0.1, -0.05) is 0 Å². The molecule has 4 N–H and O–H groups in total. The molecule has 0 radical (unpaired) electrons. The van der Waals surface area contributed by atoms with E-state index in [1.165, 1.54) is 0 Å². The Balaban J connectivity index is 1.09. The van der Waals surface area contributed by atoms with Crippen LogP contribution >= 0.6 is 0 Å². The fourth-order valence-corrected chi connectivity index (χ4v) is 6.28. The van der Waals surface area contributed by atoms with Crippen molar-refractivity contribution in [3.63, 3.8) is 0 Å². The van der Waals surface area contributed by atoms with E-state index in [1.54, 1.807) is 41.3 Å². The molecule has 0 spiro atoms. The number of likely N-dealkylation sites (N-methyl/N-ethyl adjacent to an activating group) is 1. The third-order valence-corrected chi connectivity index (χ3v) is 9.20. The molecule has 6 rings (SSSR count). The quantitative estimate of drug-likeness (QED) is 0.324. The van der Waals surface area contributed by atoms with Gasteiger partial charge in [-0.3, -0.25) is 9.69 Å². The van der Waals surface area contributed by atoms with Gasteiger partial charge in [-0.25, -0.2) is 14.6 Å². The summed E-state index contributed by atoms with van der Waals surface area (Å²) < 4.78 is 5.54. The second-order valence-corrected chi connectivity index (χ2v) is 12.8. The van der Waals surface area contributed by atoms with Crippen LogP contribution in [0.3, 0.4) is 0 Å². The lowest BCUT2D eigenvalue weighted by molar-refractivity contribution is 0.0783. The maximum atomic E-state index is 12.9. The van der Waals surface area contributed by atoms with Gasteiger partial charge in [0.15, 0.2) is 5.82 Å². The number of benzene rings is 2. The molecule has 4 heterocycles. The number of hydrogen-bond acceptors (Lipinski definition) is 10.